The molecule has 0 aliphatic carbocycles. The Balaban J connectivity index is 1.33. The van der Waals surface area contributed by atoms with Crippen molar-refractivity contribution in [3.05, 3.63) is 89.0 Å². The molecule has 0 bridgehead atoms. The van der Waals surface area contributed by atoms with E-state index in [1.54, 1.807) is 17.0 Å². The fourth-order valence-electron chi connectivity index (χ4n) is 4.23. The summed E-state index contributed by atoms with van der Waals surface area (Å²) in [6.45, 7) is 5.37. The van der Waals surface area contributed by atoms with Crippen LogP contribution >= 0.6 is 0 Å². The summed E-state index contributed by atoms with van der Waals surface area (Å²) in [5.41, 5.74) is 3.83. The van der Waals surface area contributed by atoms with Crippen molar-refractivity contribution in [1.29, 1.82) is 0 Å². The molecule has 1 amide bonds. The molecule has 1 atom stereocenters. The lowest BCUT2D eigenvalue weighted by atomic mass is 10.1. The molecule has 0 spiro atoms. The number of ether oxygens (including phenoxy) is 1. The Morgan fingerprint density at radius 3 is 2.16 bits per heavy atom. The largest absolute Gasteiger partial charge is 0.457 e. The lowest BCUT2D eigenvalue weighted by molar-refractivity contribution is -0.147. The van der Waals surface area contributed by atoms with Gasteiger partial charge in [0.1, 0.15) is 10.6 Å². The number of hydrogen-bond donors (Lipinski definition) is 0. The van der Waals surface area contributed by atoms with Gasteiger partial charge in [-0.1, -0.05) is 35.9 Å². The first-order valence-corrected chi connectivity index (χ1v) is 13.1. The van der Waals surface area contributed by atoms with E-state index in [2.05, 4.69) is 0 Å². The predicted molar refractivity (Wildman–Crippen MR) is 137 cm³/mol. The van der Waals surface area contributed by atoms with Gasteiger partial charge in [0.2, 0.25) is 5.91 Å². The molecular weight excluding hydrogens is 494 g/mol. The van der Waals surface area contributed by atoms with Gasteiger partial charge in [-0.2, -0.15) is 8.42 Å². The van der Waals surface area contributed by atoms with Crippen LogP contribution in [0.25, 0.3) is 0 Å². The van der Waals surface area contributed by atoms with Crippen LogP contribution < -0.4 is 9.08 Å². The van der Waals surface area contributed by atoms with Crippen molar-refractivity contribution in [3.8, 4) is 5.75 Å². The second kappa shape index (κ2) is 10.6. The van der Waals surface area contributed by atoms with Gasteiger partial charge in [0.15, 0.2) is 12.4 Å². The number of esters is 1. The predicted octanol–water partition coefficient (Wildman–Crippen LogP) is 4.16. The molecule has 1 fully saturated rings. The third-order valence-corrected chi connectivity index (χ3v) is 7.47. The molecular formula is C28H27NO7S. The molecule has 9 heteroatoms. The molecule has 1 saturated heterocycles. The van der Waals surface area contributed by atoms with E-state index in [-0.39, 0.29) is 35.1 Å². The second-order valence-corrected chi connectivity index (χ2v) is 10.6. The van der Waals surface area contributed by atoms with Crippen molar-refractivity contribution in [2.75, 3.05) is 18.1 Å². The number of aryl methyl sites for hydroxylation is 3. The summed E-state index contributed by atoms with van der Waals surface area (Å²) in [4.78, 5) is 39.3. The number of carbonyl (C=O) groups is 3. The topological polar surface area (TPSA) is 107 Å². The zero-order valence-corrected chi connectivity index (χ0v) is 21.6. The molecule has 8 nitrogen and oxygen atoms in total. The van der Waals surface area contributed by atoms with Crippen LogP contribution in [0.5, 0.6) is 5.75 Å². The molecule has 3 aromatic rings. The highest BCUT2D eigenvalue weighted by molar-refractivity contribution is 7.87. The summed E-state index contributed by atoms with van der Waals surface area (Å²) in [5, 5.41) is 0. The van der Waals surface area contributed by atoms with Crippen LogP contribution in [0.15, 0.2) is 71.6 Å². The monoisotopic (exact) mass is 521 g/mol. The molecule has 0 saturated carbocycles. The maximum absolute atomic E-state index is 12.6. The average Bonchev–Trinajstić information content (AvgIpc) is 3.24. The first-order valence-electron chi connectivity index (χ1n) is 11.7. The summed E-state index contributed by atoms with van der Waals surface area (Å²) in [5.74, 6) is -1.86. The molecule has 0 N–H and O–H groups in total. The highest BCUT2D eigenvalue weighted by Gasteiger charge is 2.37. The first kappa shape index (κ1) is 26.1. The van der Waals surface area contributed by atoms with Crippen LogP contribution in [-0.2, 0) is 24.4 Å². The number of para-hydroxylation sites is 1. The molecule has 37 heavy (non-hydrogen) atoms. The molecule has 0 aromatic heterocycles. The van der Waals surface area contributed by atoms with Gasteiger partial charge in [0.05, 0.1) is 5.92 Å². The van der Waals surface area contributed by atoms with Crippen LogP contribution in [-0.4, -0.2) is 39.2 Å². The van der Waals surface area contributed by atoms with E-state index in [1.807, 2.05) is 39.0 Å². The molecule has 1 aliphatic heterocycles. The van der Waals surface area contributed by atoms with Gasteiger partial charge in [0.25, 0.3) is 0 Å². The quantitative estimate of drug-likeness (QED) is 0.249. The van der Waals surface area contributed by atoms with Crippen LogP contribution in [0.4, 0.5) is 5.69 Å². The van der Waals surface area contributed by atoms with E-state index in [0.29, 0.717) is 0 Å². The van der Waals surface area contributed by atoms with Gasteiger partial charge in [-0.3, -0.25) is 14.4 Å². The average molecular weight is 522 g/mol. The summed E-state index contributed by atoms with van der Waals surface area (Å²) >= 11 is 0. The molecule has 1 aliphatic rings. The van der Waals surface area contributed by atoms with Crippen molar-refractivity contribution >= 4 is 33.5 Å². The number of rotatable bonds is 8. The minimum atomic E-state index is -4.01. The minimum Gasteiger partial charge on any atom is -0.457 e. The maximum Gasteiger partial charge on any atom is 0.339 e. The van der Waals surface area contributed by atoms with Gasteiger partial charge in [0, 0.05) is 24.2 Å². The first-order chi connectivity index (χ1) is 17.5. The fourth-order valence-corrected chi connectivity index (χ4v) is 5.16. The van der Waals surface area contributed by atoms with Gasteiger partial charge in [-0.15, -0.1) is 0 Å². The second-order valence-electron chi connectivity index (χ2n) is 9.05. The Hall–Kier alpha value is -3.98. The fraction of sp³-hybridized carbons (Fsp3) is 0.250. The number of nitrogens with zero attached hydrogens (tertiary/aromatic N) is 1. The Labute approximate surface area is 215 Å². The van der Waals surface area contributed by atoms with E-state index in [4.69, 9.17) is 8.92 Å². The Kier molecular flexibility index (Phi) is 7.45. The number of benzene rings is 3. The zero-order chi connectivity index (χ0) is 26.7. The molecule has 1 heterocycles. The third kappa shape index (κ3) is 5.89. The van der Waals surface area contributed by atoms with Gasteiger partial charge in [-0.25, -0.2) is 0 Å². The standard InChI is InChI=1S/C28H27NO7S/c1-18-7-13-24(14-8-18)37(33,34)36-23-11-9-21(10-12-23)25(30)17-35-28(32)22-15-26(31)29(16-22)27-19(2)5-4-6-20(27)3/h4-14,22H,15-17H2,1-3H3/t22-/m0/s1. The van der Waals surface area contributed by atoms with Gasteiger partial charge < -0.3 is 13.8 Å². The van der Waals surface area contributed by atoms with Crippen molar-refractivity contribution in [3.63, 3.8) is 0 Å². The summed E-state index contributed by atoms with van der Waals surface area (Å²) < 4.78 is 35.2. The van der Waals surface area contributed by atoms with Crippen molar-refractivity contribution < 1.29 is 31.7 Å². The summed E-state index contributed by atoms with van der Waals surface area (Å²) in [6, 6.07) is 17.5. The molecule has 0 unspecified atom stereocenters. The normalized spacial score (nSPS) is 15.5. The molecule has 192 valence electrons. The van der Waals surface area contributed by atoms with Crippen molar-refractivity contribution in [2.24, 2.45) is 5.92 Å². The lowest BCUT2D eigenvalue weighted by Crippen LogP contribution is -2.28. The highest BCUT2D eigenvalue weighted by atomic mass is 32.2. The summed E-state index contributed by atoms with van der Waals surface area (Å²) in [7, 11) is -4.01. The lowest BCUT2D eigenvalue weighted by Gasteiger charge is -2.21. The molecule has 0 radical (unpaired) electrons. The minimum absolute atomic E-state index is 0.0162. The van der Waals surface area contributed by atoms with E-state index >= 15 is 0 Å². The van der Waals surface area contributed by atoms with Gasteiger partial charge in [-0.05, 0) is 68.3 Å². The smallest absolute Gasteiger partial charge is 0.339 e. The third-order valence-electron chi connectivity index (χ3n) is 6.21. The summed E-state index contributed by atoms with van der Waals surface area (Å²) in [6.07, 6.45) is 0.0162. The number of amides is 1. The van der Waals surface area contributed by atoms with E-state index < -0.39 is 34.4 Å². The van der Waals surface area contributed by atoms with Crippen molar-refractivity contribution in [1.82, 2.24) is 0 Å². The van der Waals surface area contributed by atoms with Crippen LogP contribution in [0.1, 0.15) is 33.5 Å². The van der Waals surface area contributed by atoms with Crippen LogP contribution in [0.2, 0.25) is 0 Å². The number of anilines is 1. The van der Waals surface area contributed by atoms with Crippen LogP contribution in [0, 0.1) is 26.7 Å². The van der Waals surface area contributed by atoms with E-state index in [9.17, 15) is 22.8 Å². The van der Waals surface area contributed by atoms with E-state index in [0.717, 1.165) is 22.4 Å². The number of Topliss-reactive ketones (excluding diaryl/α,β-unsaturated/α-hetero) is 1. The Bertz CT molecular complexity index is 1420. The maximum atomic E-state index is 12.6. The van der Waals surface area contributed by atoms with E-state index in [1.165, 1.54) is 36.4 Å². The van der Waals surface area contributed by atoms with Crippen molar-refractivity contribution in [2.45, 2.75) is 32.1 Å². The Morgan fingerprint density at radius 1 is 0.919 bits per heavy atom. The molecule has 3 aromatic carbocycles. The Morgan fingerprint density at radius 2 is 1.54 bits per heavy atom. The SMILES string of the molecule is Cc1ccc(S(=O)(=O)Oc2ccc(C(=O)COC(=O)[C@H]3CC(=O)N(c4c(C)cccc4C)C3)cc2)cc1. The zero-order valence-electron chi connectivity index (χ0n) is 20.8. The van der Waals surface area contributed by atoms with Gasteiger partial charge >= 0.3 is 16.1 Å². The highest BCUT2D eigenvalue weighted by Crippen LogP contribution is 2.31. The number of hydrogen-bond acceptors (Lipinski definition) is 7. The molecule has 4 rings (SSSR count). The number of ketones is 1. The van der Waals surface area contributed by atoms with Crippen LogP contribution in [0.3, 0.4) is 0 Å². The number of carbonyl (C=O) groups excluding carboxylic acids is 3.